The summed E-state index contributed by atoms with van der Waals surface area (Å²) in [5.74, 6) is -0.133. The number of Topliss-reactive ketones (excluding diaryl/α,β-unsaturated/α-hetero) is 1. The van der Waals surface area contributed by atoms with Crippen molar-refractivity contribution in [3.8, 4) is 0 Å². The number of carbonyl (C=O) groups excluding carboxylic acids is 1. The Labute approximate surface area is 86.5 Å². The molecule has 0 unspecified atom stereocenters. The predicted octanol–water partition coefficient (Wildman–Crippen LogP) is 3.04. The van der Waals surface area contributed by atoms with Crippen molar-refractivity contribution in [3.63, 3.8) is 0 Å². The fourth-order valence-corrected chi connectivity index (χ4v) is 1.46. The van der Waals surface area contributed by atoms with Gasteiger partial charge in [0.1, 0.15) is 5.78 Å². The van der Waals surface area contributed by atoms with Crippen molar-refractivity contribution in [1.29, 1.82) is 0 Å². The largest absolute Gasteiger partial charge is 0.300 e. The maximum absolute atomic E-state index is 12.5. The fraction of sp³-hybridized carbons (Fsp3) is 0.300. The third kappa shape index (κ3) is 2.80. The van der Waals surface area contributed by atoms with E-state index in [0.717, 1.165) is 0 Å². The van der Waals surface area contributed by atoms with Crippen LogP contribution in [0.3, 0.4) is 0 Å². The van der Waals surface area contributed by atoms with Crippen LogP contribution in [0.25, 0.3) is 0 Å². The molecule has 0 aliphatic carbocycles. The van der Waals surface area contributed by atoms with Gasteiger partial charge in [-0.2, -0.15) is 0 Å². The molecule has 1 aromatic carbocycles. The Morgan fingerprint density at radius 3 is 2.64 bits per heavy atom. The van der Waals surface area contributed by atoms with Crippen LogP contribution in [0.5, 0.6) is 0 Å². The van der Waals surface area contributed by atoms with E-state index in [9.17, 15) is 13.6 Å². The molecular weight excluding hydrogens is 206 g/mol. The Bertz CT molecular complexity index is 350. The summed E-state index contributed by atoms with van der Waals surface area (Å²) in [6, 6.07) is 4.31. The third-order valence-electron chi connectivity index (χ3n) is 1.80. The number of ketones is 1. The molecule has 14 heavy (non-hydrogen) atoms. The van der Waals surface area contributed by atoms with Crippen LogP contribution in [0.15, 0.2) is 23.1 Å². The number of rotatable bonds is 3. The zero-order valence-electron chi connectivity index (χ0n) is 7.63. The van der Waals surface area contributed by atoms with Crippen LogP contribution >= 0.6 is 12.6 Å². The first-order valence-electron chi connectivity index (χ1n) is 4.10. The molecule has 1 nitrogen and oxygen atoms in total. The SMILES string of the molecule is CC(=O)Cc1cc(S)ccc1C(F)F. The summed E-state index contributed by atoms with van der Waals surface area (Å²) in [7, 11) is 0. The molecule has 0 aliphatic heterocycles. The predicted molar refractivity (Wildman–Crippen MR) is 53.0 cm³/mol. The number of alkyl halides is 2. The average Bonchev–Trinajstić information content (AvgIpc) is 2.01. The van der Waals surface area contributed by atoms with Gasteiger partial charge in [0.25, 0.3) is 6.43 Å². The van der Waals surface area contributed by atoms with Crippen molar-refractivity contribution in [2.75, 3.05) is 0 Å². The number of hydrogen-bond acceptors (Lipinski definition) is 2. The van der Waals surface area contributed by atoms with Crippen molar-refractivity contribution in [3.05, 3.63) is 29.3 Å². The maximum Gasteiger partial charge on any atom is 0.264 e. The van der Waals surface area contributed by atoms with E-state index in [1.165, 1.54) is 25.1 Å². The highest BCUT2D eigenvalue weighted by atomic mass is 32.1. The molecule has 1 aromatic rings. The van der Waals surface area contributed by atoms with Gasteiger partial charge in [0.15, 0.2) is 0 Å². The summed E-state index contributed by atoms with van der Waals surface area (Å²) in [4.78, 5) is 11.4. The van der Waals surface area contributed by atoms with Crippen LogP contribution in [0, 0.1) is 0 Å². The van der Waals surface area contributed by atoms with Crippen molar-refractivity contribution in [2.45, 2.75) is 24.7 Å². The molecule has 0 saturated carbocycles. The van der Waals surface area contributed by atoms with Crippen LogP contribution in [-0.2, 0) is 11.2 Å². The van der Waals surface area contributed by atoms with Gasteiger partial charge < -0.3 is 0 Å². The topological polar surface area (TPSA) is 17.1 Å². The summed E-state index contributed by atoms with van der Waals surface area (Å²) < 4.78 is 24.9. The monoisotopic (exact) mass is 216 g/mol. The summed E-state index contributed by atoms with van der Waals surface area (Å²) >= 11 is 4.04. The molecule has 1 rings (SSSR count). The molecular formula is C10H10F2OS. The second-order valence-corrected chi connectivity index (χ2v) is 3.58. The normalized spacial score (nSPS) is 10.6. The lowest BCUT2D eigenvalue weighted by Crippen LogP contribution is -2.01. The molecule has 0 aliphatic rings. The average molecular weight is 216 g/mol. The van der Waals surface area contributed by atoms with Crippen molar-refractivity contribution in [1.82, 2.24) is 0 Å². The quantitative estimate of drug-likeness (QED) is 0.768. The second-order valence-electron chi connectivity index (χ2n) is 3.06. The smallest absolute Gasteiger partial charge is 0.264 e. The Morgan fingerprint density at radius 1 is 1.50 bits per heavy atom. The van der Waals surface area contributed by atoms with E-state index < -0.39 is 6.43 Å². The maximum atomic E-state index is 12.5. The lowest BCUT2D eigenvalue weighted by Gasteiger charge is -2.07. The van der Waals surface area contributed by atoms with Gasteiger partial charge in [0.2, 0.25) is 0 Å². The van der Waals surface area contributed by atoms with Crippen molar-refractivity contribution >= 4 is 18.4 Å². The van der Waals surface area contributed by atoms with Crippen LogP contribution < -0.4 is 0 Å². The standard InChI is InChI=1S/C10H10F2OS/c1-6(13)4-7-5-8(14)2-3-9(7)10(11)12/h2-3,5,10,14H,4H2,1H3. The Morgan fingerprint density at radius 2 is 2.14 bits per heavy atom. The van der Waals surface area contributed by atoms with E-state index in [1.807, 2.05) is 0 Å². The van der Waals surface area contributed by atoms with E-state index in [1.54, 1.807) is 0 Å². The van der Waals surface area contributed by atoms with E-state index in [2.05, 4.69) is 12.6 Å². The van der Waals surface area contributed by atoms with Gasteiger partial charge in [-0.1, -0.05) is 6.07 Å². The second kappa shape index (κ2) is 4.55. The van der Waals surface area contributed by atoms with Crippen LogP contribution in [-0.4, -0.2) is 5.78 Å². The minimum absolute atomic E-state index is 0.0358. The van der Waals surface area contributed by atoms with Crippen molar-refractivity contribution in [2.24, 2.45) is 0 Å². The lowest BCUT2D eigenvalue weighted by molar-refractivity contribution is -0.116. The van der Waals surface area contributed by atoms with Gasteiger partial charge in [-0.25, -0.2) is 8.78 Å². The molecule has 0 spiro atoms. The first-order valence-corrected chi connectivity index (χ1v) is 4.55. The van der Waals surface area contributed by atoms with Gasteiger partial charge in [-0.05, 0) is 24.6 Å². The zero-order valence-corrected chi connectivity index (χ0v) is 8.52. The van der Waals surface area contributed by atoms with Gasteiger partial charge in [0, 0.05) is 16.9 Å². The number of thiol groups is 1. The minimum Gasteiger partial charge on any atom is -0.300 e. The molecule has 0 saturated heterocycles. The lowest BCUT2D eigenvalue weighted by atomic mass is 10.0. The molecule has 0 fully saturated rings. The zero-order chi connectivity index (χ0) is 10.7. The third-order valence-corrected chi connectivity index (χ3v) is 2.08. The van der Waals surface area contributed by atoms with Gasteiger partial charge >= 0.3 is 0 Å². The highest BCUT2D eigenvalue weighted by Crippen LogP contribution is 2.25. The van der Waals surface area contributed by atoms with E-state index in [-0.39, 0.29) is 17.8 Å². The molecule has 0 radical (unpaired) electrons. The van der Waals surface area contributed by atoms with Gasteiger partial charge in [-0.15, -0.1) is 12.6 Å². The first-order chi connectivity index (χ1) is 6.50. The highest BCUT2D eigenvalue weighted by Gasteiger charge is 2.13. The molecule has 4 heteroatoms. The van der Waals surface area contributed by atoms with Gasteiger partial charge in [-0.3, -0.25) is 4.79 Å². The molecule has 0 atom stereocenters. The summed E-state index contributed by atoms with van der Waals surface area (Å²) in [5, 5.41) is 0. The number of hydrogen-bond donors (Lipinski definition) is 1. The molecule has 0 aromatic heterocycles. The summed E-state index contributed by atoms with van der Waals surface area (Å²) in [6.07, 6.45) is -2.51. The van der Waals surface area contributed by atoms with E-state index in [0.29, 0.717) is 10.5 Å². The Balaban J connectivity index is 3.09. The molecule has 0 amide bonds. The van der Waals surface area contributed by atoms with Crippen LogP contribution in [0.1, 0.15) is 24.5 Å². The highest BCUT2D eigenvalue weighted by molar-refractivity contribution is 7.80. The van der Waals surface area contributed by atoms with Crippen molar-refractivity contribution < 1.29 is 13.6 Å². The molecule has 0 bridgehead atoms. The number of halogens is 2. The number of benzene rings is 1. The van der Waals surface area contributed by atoms with E-state index >= 15 is 0 Å². The van der Waals surface area contributed by atoms with E-state index in [4.69, 9.17) is 0 Å². The summed E-state index contributed by atoms with van der Waals surface area (Å²) in [5.41, 5.74) is 0.276. The fourth-order valence-electron chi connectivity index (χ4n) is 1.23. The molecule has 76 valence electrons. The summed E-state index contributed by atoms with van der Waals surface area (Å²) in [6.45, 7) is 1.38. The first kappa shape index (κ1) is 11.2. The Kier molecular flexibility index (Phi) is 3.63. The molecule has 0 heterocycles. The molecule has 0 N–H and O–H groups in total. The van der Waals surface area contributed by atoms with Crippen LogP contribution in [0.2, 0.25) is 0 Å². The number of carbonyl (C=O) groups is 1. The van der Waals surface area contributed by atoms with Gasteiger partial charge in [0.05, 0.1) is 0 Å². The van der Waals surface area contributed by atoms with Crippen LogP contribution in [0.4, 0.5) is 8.78 Å². The Hall–Kier alpha value is -0.900. The minimum atomic E-state index is -2.54.